The molecular formula is C21H24BrN3O3. The molecule has 3 rings (SSSR count). The van der Waals surface area contributed by atoms with E-state index in [-0.39, 0.29) is 24.4 Å². The highest BCUT2D eigenvalue weighted by Crippen LogP contribution is 2.22. The van der Waals surface area contributed by atoms with Gasteiger partial charge in [-0.2, -0.15) is 0 Å². The van der Waals surface area contributed by atoms with Crippen LogP contribution in [-0.4, -0.2) is 43.0 Å². The Morgan fingerprint density at radius 2 is 1.93 bits per heavy atom. The molecular weight excluding hydrogens is 422 g/mol. The molecule has 0 aliphatic carbocycles. The van der Waals surface area contributed by atoms with Crippen molar-refractivity contribution in [3.8, 4) is 5.75 Å². The van der Waals surface area contributed by atoms with E-state index in [1.54, 1.807) is 31.4 Å². The number of methoxy groups -OCH3 is 1. The minimum absolute atomic E-state index is 0.0877. The summed E-state index contributed by atoms with van der Waals surface area (Å²) in [7, 11) is 1.60. The Bertz CT molecular complexity index is 854. The van der Waals surface area contributed by atoms with Crippen molar-refractivity contribution in [1.29, 1.82) is 0 Å². The predicted molar refractivity (Wildman–Crippen MR) is 114 cm³/mol. The van der Waals surface area contributed by atoms with Gasteiger partial charge >= 0.3 is 0 Å². The summed E-state index contributed by atoms with van der Waals surface area (Å²) in [6.07, 6.45) is 1.64. The number of nitrogens with zero attached hydrogens (tertiary/aromatic N) is 1. The fourth-order valence-corrected chi connectivity index (χ4v) is 3.83. The quantitative estimate of drug-likeness (QED) is 0.708. The molecule has 148 valence electrons. The molecule has 2 aromatic rings. The average Bonchev–Trinajstić information content (AvgIpc) is 3.13. The first-order valence-electron chi connectivity index (χ1n) is 9.21. The van der Waals surface area contributed by atoms with Gasteiger partial charge in [-0.25, -0.2) is 0 Å². The summed E-state index contributed by atoms with van der Waals surface area (Å²) < 4.78 is 6.10. The van der Waals surface area contributed by atoms with Crippen LogP contribution in [0.5, 0.6) is 5.75 Å². The third kappa shape index (κ3) is 5.11. The first-order chi connectivity index (χ1) is 13.5. The monoisotopic (exact) mass is 445 g/mol. The van der Waals surface area contributed by atoms with E-state index < -0.39 is 0 Å². The van der Waals surface area contributed by atoms with Gasteiger partial charge in [0.2, 0.25) is 11.8 Å². The zero-order chi connectivity index (χ0) is 20.1. The number of hydrogen-bond acceptors (Lipinski definition) is 4. The average molecular weight is 446 g/mol. The number of benzene rings is 2. The number of carbonyl (C=O) groups is 2. The molecule has 7 heteroatoms. The maximum absolute atomic E-state index is 12.7. The second-order valence-electron chi connectivity index (χ2n) is 6.85. The number of amides is 2. The van der Waals surface area contributed by atoms with E-state index in [2.05, 4.69) is 26.6 Å². The van der Waals surface area contributed by atoms with Crippen LogP contribution in [0.3, 0.4) is 0 Å². The van der Waals surface area contributed by atoms with E-state index in [9.17, 15) is 9.59 Å². The molecule has 0 saturated carbocycles. The van der Waals surface area contributed by atoms with Gasteiger partial charge in [-0.3, -0.25) is 14.5 Å². The van der Waals surface area contributed by atoms with Crippen molar-refractivity contribution < 1.29 is 14.3 Å². The molecule has 1 saturated heterocycles. The summed E-state index contributed by atoms with van der Waals surface area (Å²) >= 11 is 3.42. The number of aryl methyl sites for hydroxylation is 1. The summed E-state index contributed by atoms with van der Waals surface area (Å²) in [5.74, 6) is 0.533. The second kappa shape index (κ2) is 9.21. The fourth-order valence-electron chi connectivity index (χ4n) is 3.35. The number of rotatable bonds is 6. The lowest BCUT2D eigenvalue weighted by molar-refractivity contribution is -0.122. The van der Waals surface area contributed by atoms with Crippen LogP contribution >= 0.6 is 15.9 Å². The number of likely N-dealkylation sites (tertiary alicyclic amines) is 1. The van der Waals surface area contributed by atoms with Gasteiger partial charge in [0.1, 0.15) is 5.75 Å². The fraction of sp³-hybridized carbons (Fsp3) is 0.333. The lowest BCUT2D eigenvalue weighted by atomic mass is 10.2. The molecule has 0 bridgehead atoms. The number of hydrogen-bond donors (Lipinski definition) is 2. The number of carbonyl (C=O) groups excluding carboxylic acids is 2. The van der Waals surface area contributed by atoms with E-state index in [1.807, 2.05) is 30.0 Å². The summed E-state index contributed by atoms with van der Waals surface area (Å²) in [6.45, 7) is 2.87. The van der Waals surface area contributed by atoms with Crippen LogP contribution in [0.2, 0.25) is 0 Å². The topological polar surface area (TPSA) is 70.7 Å². The Balaban J connectivity index is 1.58. The van der Waals surface area contributed by atoms with Crippen molar-refractivity contribution in [1.82, 2.24) is 4.90 Å². The highest BCUT2D eigenvalue weighted by Gasteiger charge is 2.32. The number of nitrogens with one attached hydrogen (secondary N) is 2. The van der Waals surface area contributed by atoms with Crippen LogP contribution in [0.15, 0.2) is 46.9 Å². The molecule has 1 fully saturated rings. The Hall–Kier alpha value is -2.38. The van der Waals surface area contributed by atoms with Crippen LogP contribution in [0.1, 0.15) is 18.4 Å². The van der Waals surface area contributed by atoms with Crippen LogP contribution < -0.4 is 15.4 Å². The molecule has 1 aliphatic rings. The van der Waals surface area contributed by atoms with Gasteiger partial charge in [-0.15, -0.1) is 0 Å². The standard InChI is InChI=1S/C21H24BrN3O3/c1-14-12-15(22)5-10-18(14)24-20(26)13-25-11-3-4-19(25)21(27)23-16-6-8-17(28-2)9-7-16/h5-10,12,19H,3-4,11,13H2,1-2H3,(H,23,27)(H,24,26). The minimum Gasteiger partial charge on any atom is -0.497 e. The van der Waals surface area contributed by atoms with Crippen molar-refractivity contribution in [3.05, 3.63) is 52.5 Å². The molecule has 1 atom stereocenters. The molecule has 2 N–H and O–H groups in total. The zero-order valence-electron chi connectivity index (χ0n) is 16.0. The number of ether oxygens (including phenoxy) is 1. The Morgan fingerprint density at radius 3 is 2.61 bits per heavy atom. The third-order valence-corrected chi connectivity index (χ3v) is 5.33. The molecule has 6 nitrogen and oxygen atoms in total. The van der Waals surface area contributed by atoms with Crippen molar-refractivity contribution in [2.24, 2.45) is 0 Å². The maximum Gasteiger partial charge on any atom is 0.241 e. The molecule has 0 aromatic heterocycles. The van der Waals surface area contributed by atoms with Crippen molar-refractivity contribution in [2.75, 3.05) is 30.8 Å². The van der Waals surface area contributed by atoms with E-state index in [0.717, 1.165) is 40.9 Å². The van der Waals surface area contributed by atoms with Gasteiger partial charge in [0.15, 0.2) is 0 Å². The Morgan fingerprint density at radius 1 is 1.18 bits per heavy atom. The lowest BCUT2D eigenvalue weighted by Gasteiger charge is -2.23. The molecule has 1 unspecified atom stereocenters. The molecule has 1 heterocycles. The van der Waals surface area contributed by atoms with Crippen molar-refractivity contribution in [3.63, 3.8) is 0 Å². The zero-order valence-corrected chi connectivity index (χ0v) is 17.6. The first-order valence-corrected chi connectivity index (χ1v) is 10.0. The number of anilines is 2. The van der Waals surface area contributed by atoms with Gasteiger partial charge in [-0.05, 0) is 74.3 Å². The van der Waals surface area contributed by atoms with Gasteiger partial charge < -0.3 is 15.4 Å². The maximum atomic E-state index is 12.7. The van der Waals surface area contributed by atoms with Gasteiger partial charge in [0.05, 0.1) is 19.7 Å². The van der Waals surface area contributed by atoms with Crippen molar-refractivity contribution in [2.45, 2.75) is 25.8 Å². The highest BCUT2D eigenvalue weighted by molar-refractivity contribution is 9.10. The summed E-state index contributed by atoms with van der Waals surface area (Å²) in [5.41, 5.74) is 2.48. The van der Waals surface area contributed by atoms with E-state index >= 15 is 0 Å². The molecule has 2 aromatic carbocycles. The Kier molecular flexibility index (Phi) is 6.70. The summed E-state index contributed by atoms with van der Waals surface area (Å²) in [6, 6.07) is 12.6. The van der Waals surface area contributed by atoms with Gasteiger partial charge in [0.25, 0.3) is 0 Å². The predicted octanol–water partition coefficient (Wildman–Crippen LogP) is 3.81. The van der Waals surface area contributed by atoms with Gasteiger partial charge in [0, 0.05) is 15.8 Å². The molecule has 2 amide bonds. The molecule has 0 radical (unpaired) electrons. The van der Waals surface area contributed by atoms with Crippen molar-refractivity contribution >= 4 is 39.1 Å². The molecule has 0 spiro atoms. The first kappa shape index (κ1) is 20.4. The Labute approximate surface area is 173 Å². The molecule has 1 aliphatic heterocycles. The highest BCUT2D eigenvalue weighted by atomic mass is 79.9. The second-order valence-corrected chi connectivity index (χ2v) is 7.77. The normalized spacial score (nSPS) is 16.6. The minimum atomic E-state index is -0.307. The van der Waals surface area contributed by atoms with Gasteiger partial charge in [-0.1, -0.05) is 15.9 Å². The third-order valence-electron chi connectivity index (χ3n) is 4.83. The largest absolute Gasteiger partial charge is 0.497 e. The lowest BCUT2D eigenvalue weighted by Crippen LogP contribution is -2.43. The van der Waals surface area contributed by atoms with Crippen LogP contribution in [0.4, 0.5) is 11.4 Å². The molecule has 28 heavy (non-hydrogen) atoms. The van der Waals surface area contributed by atoms with E-state index in [4.69, 9.17) is 4.74 Å². The summed E-state index contributed by atoms with van der Waals surface area (Å²) in [5, 5.41) is 5.87. The van der Waals surface area contributed by atoms with Crippen LogP contribution in [0.25, 0.3) is 0 Å². The van der Waals surface area contributed by atoms with Crippen LogP contribution in [0, 0.1) is 6.92 Å². The van der Waals surface area contributed by atoms with E-state index in [1.165, 1.54) is 0 Å². The SMILES string of the molecule is COc1ccc(NC(=O)C2CCCN2CC(=O)Nc2ccc(Br)cc2C)cc1. The summed E-state index contributed by atoms with van der Waals surface area (Å²) in [4.78, 5) is 27.1. The smallest absolute Gasteiger partial charge is 0.241 e. The van der Waals surface area contributed by atoms with Crippen LogP contribution in [-0.2, 0) is 9.59 Å². The number of halogens is 1. The van der Waals surface area contributed by atoms with E-state index in [0.29, 0.717) is 5.69 Å².